The number of nitrogens with one attached hydrogen (secondary N) is 2. The Balaban J connectivity index is 1.32. The number of carbonyl (C=O) groups excluding carboxylic acids is 5. The molecule has 2 aromatic carbocycles. The van der Waals surface area contributed by atoms with Gasteiger partial charge in [-0.1, -0.05) is 49.5 Å². The van der Waals surface area contributed by atoms with Crippen LogP contribution in [0.3, 0.4) is 0 Å². The van der Waals surface area contributed by atoms with Gasteiger partial charge in [0.1, 0.15) is 29.0 Å². The summed E-state index contributed by atoms with van der Waals surface area (Å²) in [6, 6.07) is 6.23. The van der Waals surface area contributed by atoms with E-state index in [4.69, 9.17) is 10.5 Å². The largest absolute Gasteiger partial charge is 0.435 e. The monoisotopic (exact) mass is 767 g/mol. The van der Waals surface area contributed by atoms with Gasteiger partial charge in [-0.15, -0.1) is 5.10 Å². The topological polar surface area (TPSA) is 208 Å². The molecule has 3 aromatic rings. The number of nitrogens with zero attached hydrogens (tertiary/aromatic N) is 4. The molecular weight excluding hydrogens is 720 g/mol. The van der Waals surface area contributed by atoms with Gasteiger partial charge in [0.25, 0.3) is 11.8 Å². The third kappa shape index (κ3) is 8.93. The number of nitrogens with two attached hydrogens (primary N) is 1. The summed E-state index contributed by atoms with van der Waals surface area (Å²) >= 11 is 0. The average molecular weight is 768 g/mol. The number of hydrogen-bond acceptors (Lipinski definition) is 10. The minimum Gasteiger partial charge on any atom is -0.435 e. The Labute approximate surface area is 316 Å². The third-order valence-corrected chi connectivity index (χ3v) is 11.0. The number of fused-ring (bicyclic) bond motifs is 1. The number of aliphatic hydroxyl groups is 1. The van der Waals surface area contributed by atoms with Gasteiger partial charge in [0.05, 0.1) is 17.9 Å². The maximum Gasteiger partial charge on any atom is 0.387 e. The number of amides is 4. The molecule has 2 saturated heterocycles. The first-order valence-corrected chi connectivity index (χ1v) is 18.6. The Morgan fingerprint density at radius 2 is 1.75 bits per heavy atom. The molecule has 6 rings (SSSR count). The lowest BCUT2D eigenvalue weighted by Crippen LogP contribution is -2.64. The SMILES string of the molecule is CC(C)(O)c1cnnn1C1CC(C(=O)NC2(C(=O)C(N)=O)CCOCC2)N(C(=O)[C@@H](CC2CCCCC2)NC(=O)c2ccc3cc(OC(F)F)ccc3c2)C1. The third-order valence-electron chi connectivity index (χ3n) is 11.0. The highest BCUT2D eigenvalue weighted by molar-refractivity contribution is 6.39. The normalized spacial score (nSPS) is 20.9. The maximum atomic E-state index is 14.9. The van der Waals surface area contributed by atoms with E-state index in [9.17, 15) is 37.9 Å². The summed E-state index contributed by atoms with van der Waals surface area (Å²) in [4.78, 5) is 69.8. The number of primary amides is 1. The molecule has 1 saturated carbocycles. The predicted octanol–water partition coefficient (Wildman–Crippen LogP) is 2.89. The molecule has 5 N–H and O–H groups in total. The second-order valence-corrected chi connectivity index (χ2v) is 15.3. The van der Waals surface area contributed by atoms with Crippen LogP contribution in [0.5, 0.6) is 5.75 Å². The molecule has 0 bridgehead atoms. The van der Waals surface area contributed by atoms with Crippen molar-refractivity contribution in [1.82, 2.24) is 30.5 Å². The summed E-state index contributed by atoms with van der Waals surface area (Å²) in [6.07, 6.45) is 6.48. The Morgan fingerprint density at radius 3 is 2.42 bits per heavy atom. The van der Waals surface area contributed by atoms with Gasteiger partial charge in [0, 0.05) is 44.6 Å². The number of rotatable bonds is 13. The maximum absolute atomic E-state index is 14.9. The second kappa shape index (κ2) is 16.4. The molecule has 55 heavy (non-hydrogen) atoms. The number of hydrogen-bond donors (Lipinski definition) is 4. The number of ketones is 1. The average Bonchev–Trinajstić information content (AvgIpc) is 3.83. The number of likely N-dealkylation sites (tertiary alicyclic amines) is 1. The van der Waals surface area contributed by atoms with Crippen molar-refractivity contribution in [3.63, 3.8) is 0 Å². The highest BCUT2D eigenvalue weighted by atomic mass is 19.3. The van der Waals surface area contributed by atoms with Crippen LogP contribution in [-0.4, -0.2) is 98.4 Å². The van der Waals surface area contributed by atoms with Gasteiger partial charge in [-0.25, -0.2) is 4.68 Å². The number of Topliss-reactive ketones (excluding diaryl/α,β-unsaturated/α-hetero) is 1. The van der Waals surface area contributed by atoms with Crippen LogP contribution >= 0.6 is 0 Å². The molecule has 3 heterocycles. The van der Waals surface area contributed by atoms with E-state index in [2.05, 4.69) is 25.7 Å². The van der Waals surface area contributed by atoms with Crippen molar-refractivity contribution in [1.29, 1.82) is 0 Å². The Kier molecular flexibility index (Phi) is 11.8. The van der Waals surface area contributed by atoms with Crippen molar-refractivity contribution >= 4 is 40.2 Å². The van der Waals surface area contributed by atoms with Gasteiger partial charge in [-0.3, -0.25) is 24.0 Å². The van der Waals surface area contributed by atoms with E-state index in [1.165, 1.54) is 34.0 Å². The number of carbonyl (C=O) groups is 5. The minimum absolute atomic E-state index is 0.00319. The van der Waals surface area contributed by atoms with Crippen LogP contribution in [0.4, 0.5) is 8.78 Å². The standard InChI is InChI=1S/C38H47F2N7O8/c1-37(2,53)30-20-42-45-47(30)26-19-29(34(51)44-38(31(48)32(41)49)12-14-54-15-13-38)46(21-26)35(52)28(16-22-6-4-3-5-7-22)43-33(50)25-9-8-24-18-27(55-36(39)40)11-10-23(24)17-25/h8-11,17-18,20,22,26,28-29,36,53H,3-7,12-16,19,21H2,1-2H3,(H2,41,49)(H,43,50)(H,44,51)/t26?,28-,29?/m1/s1. The zero-order valence-electron chi connectivity index (χ0n) is 30.8. The molecule has 1 aromatic heterocycles. The molecule has 3 atom stereocenters. The summed E-state index contributed by atoms with van der Waals surface area (Å²) in [5.41, 5.74) is 3.01. The highest BCUT2D eigenvalue weighted by Crippen LogP contribution is 2.35. The van der Waals surface area contributed by atoms with E-state index in [-0.39, 0.29) is 56.3 Å². The van der Waals surface area contributed by atoms with Crippen LogP contribution in [0.2, 0.25) is 0 Å². The zero-order valence-corrected chi connectivity index (χ0v) is 30.8. The van der Waals surface area contributed by atoms with Gasteiger partial charge in [0.2, 0.25) is 17.6 Å². The number of halogens is 2. The lowest BCUT2D eigenvalue weighted by molar-refractivity contribution is -0.147. The Morgan fingerprint density at radius 1 is 1.05 bits per heavy atom. The smallest absolute Gasteiger partial charge is 0.387 e. The lowest BCUT2D eigenvalue weighted by Gasteiger charge is -2.37. The van der Waals surface area contributed by atoms with Crippen molar-refractivity contribution in [3.05, 3.63) is 53.9 Å². The van der Waals surface area contributed by atoms with Gasteiger partial charge in [0.15, 0.2) is 0 Å². The van der Waals surface area contributed by atoms with E-state index in [0.29, 0.717) is 22.9 Å². The molecule has 296 valence electrons. The van der Waals surface area contributed by atoms with Crippen LogP contribution < -0.4 is 21.1 Å². The van der Waals surface area contributed by atoms with Gasteiger partial charge >= 0.3 is 6.61 Å². The molecule has 0 radical (unpaired) electrons. The van der Waals surface area contributed by atoms with Gasteiger partial charge in [-0.05, 0) is 61.2 Å². The van der Waals surface area contributed by atoms with E-state index >= 15 is 0 Å². The first-order chi connectivity index (χ1) is 26.1. The lowest BCUT2D eigenvalue weighted by atomic mass is 9.84. The quantitative estimate of drug-likeness (QED) is 0.187. The molecule has 1 aliphatic carbocycles. The van der Waals surface area contributed by atoms with Crippen LogP contribution in [0, 0.1) is 5.92 Å². The fourth-order valence-electron chi connectivity index (χ4n) is 8.08. The molecule has 15 nitrogen and oxygen atoms in total. The van der Waals surface area contributed by atoms with E-state index in [0.717, 1.165) is 32.1 Å². The molecule has 17 heteroatoms. The highest BCUT2D eigenvalue weighted by Gasteiger charge is 2.49. The fraction of sp³-hybridized carbons (Fsp3) is 0.553. The molecule has 0 spiro atoms. The Hall–Kier alpha value is -5.03. The summed E-state index contributed by atoms with van der Waals surface area (Å²) < 4.78 is 37.0. The molecule has 3 aliphatic rings. The van der Waals surface area contributed by atoms with Crippen LogP contribution in [0.1, 0.15) is 93.7 Å². The molecule has 2 unspecified atom stereocenters. The summed E-state index contributed by atoms with van der Waals surface area (Å²) in [5, 5.41) is 25.9. The van der Waals surface area contributed by atoms with Crippen LogP contribution in [0.25, 0.3) is 10.8 Å². The summed E-state index contributed by atoms with van der Waals surface area (Å²) in [7, 11) is 0. The molecule has 2 aliphatic heterocycles. The van der Waals surface area contributed by atoms with Crippen molar-refractivity contribution < 1.29 is 47.3 Å². The minimum atomic E-state index is -2.99. The summed E-state index contributed by atoms with van der Waals surface area (Å²) in [6.45, 7) is 0.286. The van der Waals surface area contributed by atoms with E-state index in [1.807, 2.05) is 0 Å². The van der Waals surface area contributed by atoms with Crippen LogP contribution in [-0.2, 0) is 29.5 Å². The number of alkyl halides is 2. The molecule has 4 amide bonds. The number of aromatic nitrogens is 3. The molecule has 3 fully saturated rings. The first-order valence-electron chi connectivity index (χ1n) is 18.6. The Bertz CT molecular complexity index is 1920. The number of benzene rings is 2. The first kappa shape index (κ1) is 39.7. The predicted molar refractivity (Wildman–Crippen MR) is 193 cm³/mol. The molecular formula is C38H47F2N7O8. The second-order valence-electron chi connectivity index (χ2n) is 15.3. The van der Waals surface area contributed by atoms with Crippen molar-refractivity contribution in [3.8, 4) is 5.75 Å². The zero-order chi connectivity index (χ0) is 39.5. The fourth-order valence-corrected chi connectivity index (χ4v) is 8.08. The summed E-state index contributed by atoms with van der Waals surface area (Å²) in [5.74, 6) is -3.84. The van der Waals surface area contributed by atoms with Crippen LogP contribution in [0.15, 0.2) is 42.6 Å². The van der Waals surface area contributed by atoms with E-state index < -0.39 is 65.3 Å². The van der Waals surface area contributed by atoms with Crippen molar-refractivity contribution in [2.75, 3.05) is 19.8 Å². The van der Waals surface area contributed by atoms with Gasteiger partial charge in [-0.2, -0.15) is 8.78 Å². The van der Waals surface area contributed by atoms with E-state index in [1.54, 1.807) is 32.0 Å². The van der Waals surface area contributed by atoms with Crippen molar-refractivity contribution in [2.45, 2.75) is 108 Å². The number of ether oxygens (including phenoxy) is 2. The van der Waals surface area contributed by atoms with Crippen molar-refractivity contribution in [2.24, 2.45) is 11.7 Å². The van der Waals surface area contributed by atoms with Gasteiger partial charge < -0.3 is 35.8 Å².